The van der Waals surface area contributed by atoms with Gasteiger partial charge in [0.05, 0.1) is 7.11 Å². The van der Waals surface area contributed by atoms with E-state index in [2.05, 4.69) is 31.1 Å². The van der Waals surface area contributed by atoms with Crippen molar-refractivity contribution in [3.05, 3.63) is 42.5 Å². The Kier molecular flexibility index (Phi) is 8.81. The molecule has 0 spiro atoms. The second kappa shape index (κ2) is 10.5. The van der Waals surface area contributed by atoms with Crippen molar-refractivity contribution in [1.29, 1.82) is 0 Å². The summed E-state index contributed by atoms with van der Waals surface area (Å²) < 4.78 is 5.18. The molecule has 112 valence electrons. The van der Waals surface area contributed by atoms with Crippen LogP contribution in [0, 0.1) is 0 Å². The van der Waals surface area contributed by atoms with Gasteiger partial charge in [-0.2, -0.15) is 0 Å². The summed E-state index contributed by atoms with van der Waals surface area (Å²) in [5.41, 5.74) is 1.39. The monoisotopic (exact) mass is 275 g/mol. The predicted molar refractivity (Wildman–Crippen MR) is 87.4 cm³/mol. The van der Waals surface area contributed by atoms with Gasteiger partial charge in [0.15, 0.2) is 0 Å². The Morgan fingerprint density at radius 1 is 1.15 bits per heavy atom. The van der Waals surface area contributed by atoms with Crippen LogP contribution in [0.5, 0.6) is 5.75 Å². The van der Waals surface area contributed by atoms with Crippen LogP contribution >= 0.6 is 0 Å². The lowest BCUT2D eigenvalue weighted by Crippen LogP contribution is -2.25. The lowest BCUT2D eigenvalue weighted by Gasteiger charge is -2.16. The van der Waals surface area contributed by atoms with E-state index < -0.39 is 0 Å². The largest absolute Gasteiger partial charge is 0.497 e. The molecule has 0 saturated heterocycles. The molecule has 0 bridgehead atoms. The van der Waals surface area contributed by atoms with Gasteiger partial charge < -0.3 is 10.1 Å². The zero-order valence-electron chi connectivity index (χ0n) is 13.0. The number of hydrogen-bond acceptors (Lipinski definition) is 2. The van der Waals surface area contributed by atoms with Crippen LogP contribution in [-0.2, 0) is 6.42 Å². The molecule has 0 aliphatic heterocycles. The van der Waals surface area contributed by atoms with E-state index in [4.69, 9.17) is 4.74 Å². The predicted octanol–water partition coefficient (Wildman–Crippen LogP) is 4.35. The molecule has 0 amide bonds. The minimum atomic E-state index is 0.626. The zero-order chi connectivity index (χ0) is 14.6. The molecule has 0 aliphatic carbocycles. The molecule has 2 heteroatoms. The summed E-state index contributed by atoms with van der Waals surface area (Å²) in [6.45, 7) is 3.76. The maximum Gasteiger partial charge on any atom is 0.118 e. The molecule has 0 aliphatic rings. The highest BCUT2D eigenvalue weighted by atomic mass is 16.5. The highest BCUT2D eigenvalue weighted by Crippen LogP contribution is 2.15. The number of rotatable bonds is 11. The van der Waals surface area contributed by atoms with Crippen LogP contribution in [0.4, 0.5) is 0 Å². The number of methoxy groups -OCH3 is 1. The fraction of sp³-hybridized carbons (Fsp3) is 0.556. The quantitative estimate of drug-likeness (QED) is 0.479. The van der Waals surface area contributed by atoms with E-state index in [1.807, 2.05) is 18.2 Å². The topological polar surface area (TPSA) is 21.3 Å². The molecular formula is C18H29NO. The van der Waals surface area contributed by atoms with E-state index in [1.54, 1.807) is 7.11 Å². The van der Waals surface area contributed by atoms with Crippen molar-refractivity contribution in [1.82, 2.24) is 5.32 Å². The van der Waals surface area contributed by atoms with Gasteiger partial charge in [0.25, 0.3) is 0 Å². The Bertz CT molecular complexity index is 358. The van der Waals surface area contributed by atoms with Crippen LogP contribution in [0.1, 0.15) is 44.1 Å². The van der Waals surface area contributed by atoms with Crippen molar-refractivity contribution < 1.29 is 4.74 Å². The molecule has 0 radical (unpaired) electrons. The van der Waals surface area contributed by atoms with E-state index >= 15 is 0 Å². The molecule has 20 heavy (non-hydrogen) atoms. The average molecular weight is 275 g/mol. The van der Waals surface area contributed by atoms with Crippen molar-refractivity contribution in [2.75, 3.05) is 14.2 Å². The van der Waals surface area contributed by atoms with E-state index in [0.29, 0.717) is 6.04 Å². The van der Waals surface area contributed by atoms with Crippen molar-refractivity contribution in [3.63, 3.8) is 0 Å². The van der Waals surface area contributed by atoms with E-state index in [9.17, 15) is 0 Å². The van der Waals surface area contributed by atoms with Gasteiger partial charge in [-0.1, -0.05) is 31.1 Å². The van der Waals surface area contributed by atoms with Gasteiger partial charge in [-0.3, -0.25) is 0 Å². The van der Waals surface area contributed by atoms with Gasteiger partial charge in [-0.05, 0) is 56.8 Å². The Balaban J connectivity index is 2.23. The highest BCUT2D eigenvalue weighted by Gasteiger charge is 2.06. The maximum absolute atomic E-state index is 5.18. The number of benzene rings is 1. The van der Waals surface area contributed by atoms with Gasteiger partial charge in [0.2, 0.25) is 0 Å². The smallest absolute Gasteiger partial charge is 0.118 e. The number of aryl methyl sites for hydroxylation is 1. The normalized spacial score (nSPS) is 12.1. The van der Waals surface area contributed by atoms with Crippen LogP contribution in [0.15, 0.2) is 36.9 Å². The van der Waals surface area contributed by atoms with Crippen molar-refractivity contribution in [3.8, 4) is 5.75 Å². The Morgan fingerprint density at radius 3 is 2.50 bits per heavy atom. The van der Waals surface area contributed by atoms with Crippen molar-refractivity contribution in [2.45, 2.75) is 51.0 Å². The molecule has 0 saturated carbocycles. The lowest BCUT2D eigenvalue weighted by molar-refractivity contribution is 0.414. The molecule has 1 N–H and O–H groups in total. The van der Waals surface area contributed by atoms with Crippen molar-refractivity contribution >= 4 is 0 Å². The minimum absolute atomic E-state index is 0.626. The van der Waals surface area contributed by atoms with Crippen LogP contribution < -0.4 is 10.1 Å². The SMILES string of the molecule is C=CCCCCCC(CCc1ccc(OC)cc1)NC. The molecule has 0 aromatic heterocycles. The Morgan fingerprint density at radius 2 is 1.90 bits per heavy atom. The van der Waals surface area contributed by atoms with Crippen LogP contribution in [0.2, 0.25) is 0 Å². The first-order valence-corrected chi connectivity index (χ1v) is 7.71. The standard InChI is InChI=1S/C18H29NO/c1-4-5-6-7-8-9-17(19-2)13-10-16-11-14-18(20-3)15-12-16/h4,11-12,14-15,17,19H,1,5-10,13H2,2-3H3. The van der Waals surface area contributed by atoms with Gasteiger partial charge in [-0.25, -0.2) is 0 Å². The summed E-state index contributed by atoms with van der Waals surface area (Å²) in [6, 6.07) is 9.03. The summed E-state index contributed by atoms with van der Waals surface area (Å²) in [5, 5.41) is 3.44. The minimum Gasteiger partial charge on any atom is -0.497 e. The Labute approximate surface area is 124 Å². The second-order valence-electron chi connectivity index (χ2n) is 5.30. The fourth-order valence-corrected chi connectivity index (χ4v) is 2.42. The van der Waals surface area contributed by atoms with E-state index in [0.717, 1.165) is 18.6 Å². The summed E-state index contributed by atoms with van der Waals surface area (Å²) in [6.07, 6.45) is 10.7. The summed E-state index contributed by atoms with van der Waals surface area (Å²) >= 11 is 0. The molecule has 2 nitrogen and oxygen atoms in total. The first-order valence-electron chi connectivity index (χ1n) is 7.71. The summed E-state index contributed by atoms with van der Waals surface area (Å²) in [7, 11) is 3.78. The van der Waals surface area contributed by atoms with E-state index in [-0.39, 0.29) is 0 Å². The molecular weight excluding hydrogens is 246 g/mol. The summed E-state index contributed by atoms with van der Waals surface area (Å²) in [5.74, 6) is 0.932. The number of allylic oxidation sites excluding steroid dienone is 1. The Hall–Kier alpha value is -1.28. The van der Waals surface area contributed by atoms with Gasteiger partial charge in [0.1, 0.15) is 5.75 Å². The average Bonchev–Trinajstić information content (AvgIpc) is 2.50. The van der Waals surface area contributed by atoms with Crippen LogP contribution in [-0.4, -0.2) is 20.2 Å². The van der Waals surface area contributed by atoms with Crippen LogP contribution in [0.3, 0.4) is 0 Å². The first kappa shape index (κ1) is 16.8. The van der Waals surface area contributed by atoms with Gasteiger partial charge >= 0.3 is 0 Å². The zero-order valence-corrected chi connectivity index (χ0v) is 13.0. The molecule has 1 aromatic carbocycles. The third kappa shape index (κ3) is 6.76. The first-order chi connectivity index (χ1) is 9.80. The van der Waals surface area contributed by atoms with Gasteiger partial charge in [-0.15, -0.1) is 6.58 Å². The number of hydrogen-bond donors (Lipinski definition) is 1. The third-order valence-electron chi connectivity index (χ3n) is 3.81. The highest BCUT2D eigenvalue weighted by molar-refractivity contribution is 5.27. The third-order valence-corrected chi connectivity index (χ3v) is 3.81. The molecule has 0 fully saturated rings. The number of ether oxygens (including phenoxy) is 1. The number of nitrogens with one attached hydrogen (secondary N) is 1. The summed E-state index contributed by atoms with van der Waals surface area (Å²) in [4.78, 5) is 0. The molecule has 1 rings (SSSR count). The fourth-order valence-electron chi connectivity index (χ4n) is 2.42. The number of unbranched alkanes of at least 4 members (excludes halogenated alkanes) is 3. The van der Waals surface area contributed by atoms with E-state index in [1.165, 1.54) is 37.7 Å². The maximum atomic E-state index is 5.18. The molecule has 1 atom stereocenters. The molecule has 0 heterocycles. The van der Waals surface area contributed by atoms with Crippen LogP contribution in [0.25, 0.3) is 0 Å². The second-order valence-corrected chi connectivity index (χ2v) is 5.30. The molecule has 1 unspecified atom stereocenters. The van der Waals surface area contributed by atoms with Crippen molar-refractivity contribution in [2.24, 2.45) is 0 Å². The lowest BCUT2D eigenvalue weighted by atomic mass is 10.00. The molecule has 1 aromatic rings. The van der Waals surface area contributed by atoms with Gasteiger partial charge in [0, 0.05) is 6.04 Å².